The number of aliphatic hydroxyl groups is 1. The zero-order valence-electron chi connectivity index (χ0n) is 13.8. The van der Waals surface area contributed by atoms with E-state index in [0.717, 1.165) is 12.8 Å². The van der Waals surface area contributed by atoms with Crippen molar-refractivity contribution in [1.82, 2.24) is 0 Å². The summed E-state index contributed by atoms with van der Waals surface area (Å²) in [7, 11) is 0. The Morgan fingerprint density at radius 2 is 1.12 bits per heavy atom. The van der Waals surface area contributed by atoms with Crippen LogP contribution in [0.5, 0.6) is 0 Å². The normalized spacial score (nSPS) is 14.8. The molecule has 0 aromatic heterocycles. The summed E-state index contributed by atoms with van der Waals surface area (Å²) >= 11 is 0. The van der Waals surface area contributed by atoms with Crippen molar-refractivity contribution in [1.29, 1.82) is 0 Å². The Morgan fingerprint density at radius 1 is 0.654 bits per heavy atom. The minimum atomic E-state index is -7.15. The SMILES string of the molecule is CCCCCCCOCC(F)(F)C(F)(F)C(F)(F)C(F)(F)C(F)(F)CO. The number of ether oxygens (including phenoxy) is 1. The Kier molecular flexibility index (Phi) is 8.67. The number of unbranched alkanes of at least 4 members (excludes halogenated alkanes) is 4. The first-order chi connectivity index (χ1) is 11.6. The van der Waals surface area contributed by atoms with Gasteiger partial charge in [-0.05, 0) is 6.42 Å². The van der Waals surface area contributed by atoms with Crippen molar-refractivity contribution in [3.8, 4) is 0 Å². The van der Waals surface area contributed by atoms with Crippen LogP contribution in [0.3, 0.4) is 0 Å². The molecule has 0 rings (SSSR count). The van der Waals surface area contributed by atoms with E-state index in [1.165, 1.54) is 0 Å². The molecule has 0 saturated heterocycles. The van der Waals surface area contributed by atoms with E-state index in [0.29, 0.717) is 12.8 Å². The molecule has 0 heterocycles. The molecule has 0 saturated carbocycles. The summed E-state index contributed by atoms with van der Waals surface area (Å²) in [6.07, 6.45) is 2.97. The molecule has 0 spiro atoms. The largest absolute Gasteiger partial charge is 0.390 e. The smallest absolute Gasteiger partial charge is 0.384 e. The molecule has 0 aliphatic heterocycles. The molecule has 158 valence electrons. The van der Waals surface area contributed by atoms with E-state index >= 15 is 0 Å². The van der Waals surface area contributed by atoms with Gasteiger partial charge in [-0.3, -0.25) is 0 Å². The van der Waals surface area contributed by atoms with E-state index in [9.17, 15) is 43.9 Å². The van der Waals surface area contributed by atoms with Crippen molar-refractivity contribution < 1.29 is 53.7 Å². The molecule has 0 amide bonds. The van der Waals surface area contributed by atoms with Gasteiger partial charge in [-0.2, -0.15) is 43.9 Å². The van der Waals surface area contributed by atoms with Crippen LogP contribution in [0.1, 0.15) is 39.0 Å². The standard InChI is InChI=1S/C14H20F10O2/c1-2-3-4-5-6-7-26-9-11(17,18)13(21,22)14(23,24)12(19,20)10(15,16)8-25/h25H,2-9H2,1H3. The third-order valence-corrected chi connectivity index (χ3v) is 3.58. The summed E-state index contributed by atoms with van der Waals surface area (Å²) < 4.78 is 136. The van der Waals surface area contributed by atoms with Gasteiger partial charge in [-0.1, -0.05) is 32.6 Å². The fourth-order valence-electron chi connectivity index (χ4n) is 1.85. The van der Waals surface area contributed by atoms with E-state index in [1.54, 1.807) is 0 Å². The fourth-order valence-corrected chi connectivity index (χ4v) is 1.85. The number of alkyl halides is 10. The first-order valence-corrected chi connectivity index (χ1v) is 7.70. The van der Waals surface area contributed by atoms with Gasteiger partial charge >= 0.3 is 29.6 Å². The van der Waals surface area contributed by atoms with Crippen LogP contribution in [0.25, 0.3) is 0 Å². The average Bonchev–Trinajstić information content (AvgIpc) is 2.53. The monoisotopic (exact) mass is 410 g/mol. The molecule has 0 fully saturated rings. The van der Waals surface area contributed by atoms with Crippen LogP contribution in [0.4, 0.5) is 43.9 Å². The number of aliphatic hydroxyl groups excluding tert-OH is 1. The second-order valence-electron chi connectivity index (χ2n) is 5.76. The van der Waals surface area contributed by atoms with Crippen LogP contribution in [0.15, 0.2) is 0 Å². The lowest BCUT2D eigenvalue weighted by atomic mass is 9.95. The predicted molar refractivity (Wildman–Crippen MR) is 71.4 cm³/mol. The zero-order chi connectivity index (χ0) is 20.9. The predicted octanol–water partition coefficient (Wildman–Crippen LogP) is 5.14. The lowest BCUT2D eigenvalue weighted by Crippen LogP contribution is -2.68. The van der Waals surface area contributed by atoms with Crippen molar-refractivity contribution in [3.63, 3.8) is 0 Å². The summed E-state index contributed by atoms with van der Waals surface area (Å²) in [5.41, 5.74) is 0. The molecule has 0 atom stereocenters. The van der Waals surface area contributed by atoms with Crippen LogP contribution in [-0.2, 0) is 4.74 Å². The molecular weight excluding hydrogens is 390 g/mol. The molecule has 2 nitrogen and oxygen atoms in total. The third kappa shape index (κ3) is 4.93. The van der Waals surface area contributed by atoms with Gasteiger partial charge in [0.1, 0.15) is 13.2 Å². The lowest BCUT2D eigenvalue weighted by molar-refractivity contribution is -0.407. The molecule has 0 unspecified atom stereocenters. The number of halogens is 10. The van der Waals surface area contributed by atoms with Crippen molar-refractivity contribution in [2.75, 3.05) is 19.8 Å². The molecule has 0 aliphatic carbocycles. The number of rotatable bonds is 13. The maximum atomic E-state index is 13.4. The van der Waals surface area contributed by atoms with Crippen LogP contribution in [0, 0.1) is 0 Å². The van der Waals surface area contributed by atoms with E-state index in [1.807, 2.05) is 6.92 Å². The molecular formula is C14H20F10O2. The Morgan fingerprint density at radius 3 is 1.58 bits per heavy atom. The minimum Gasteiger partial charge on any atom is -0.390 e. The highest BCUT2D eigenvalue weighted by atomic mass is 19.4. The second-order valence-corrected chi connectivity index (χ2v) is 5.76. The van der Waals surface area contributed by atoms with Gasteiger partial charge in [-0.15, -0.1) is 0 Å². The maximum absolute atomic E-state index is 13.4. The second kappa shape index (κ2) is 8.94. The Labute approximate surface area is 143 Å². The van der Waals surface area contributed by atoms with Crippen molar-refractivity contribution in [2.45, 2.75) is 68.6 Å². The maximum Gasteiger partial charge on any atom is 0.384 e. The van der Waals surface area contributed by atoms with E-state index in [-0.39, 0.29) is 6.42 Å². The number of hydrogen-bond acceptors (Lipinski definition) is 2. The van der Waals surface area contributed by atoms with Gasteiger partial charge in [-0.25, -0.2) is 0 Å². The minimum absolute atomic E-state index is 0.136. The average molecular weight is 410 g/mol. The van der Waals surface area contributed by atoms with Crippen molar-refractivity contribution in [2.24, 2.45) is 0 Å². The lowest BCUT2D eigenvalue weighted by Gasteiger charge is -2.38. The highest BCUT2D eigenvalue weighted by molar-refractivity contribution is 5.08. The molecule has 0 aliphatic rings. The van der Waals surface area contributed by atoms with Crippen LogP contribution < -0.4 is 0 Å². The molecule has 0 bridgehead atoms. The topological polar surface area (TPSA) is 29.5 Å². The van der Waals surface area contributed by atoms with Gasteiger partial charge in [0.15, 0.2) is 0 Å². The Balaban J connectivity index is 5.08. The summed E-state index contributed by atoms with van der Waals surface area (Å²) in [4.78, 5) is 0. The Hall–Kier alpha value is -0.780. The number of hydrogen-bond donors (Lipinski definition) is 1. The van der Waals surface area contributed by atoms with Crippen LogP contribution in [-0.4, -0.2) is 54.5 Å². The van der Waals surface area contributed by atoms with E-state index in [2.05, 4.69) is 4.74 Å². The van der Waals surface area contributed by atoms with Gasteiger partial charge in [0.05, 0.1) is 0 Å². The van der Waals surface area contributed by atoms with Gasteiger partial charge in [0.2, 0.25) is 0 Å². The van der Waals surface area contributed by atoms with Gasteiger partial charge < -0.3 is 9.84 Å². The summed E-state index contributed by atoms with van der Waals surface area (Å²) in [5.74, 6) is -32.8. The van der Waals surface area contributed by atoms with Crippen molar-refractivity contribution >= 4 is 0 Å². The molecule has 0 aromatic rings. The summed E-state index contributed by atoms with van der Waals surface area (Å²) in [6.45, 7) is -3.94. The van der Waals surface area contributed by atoms with Gasteiger partial charge in [0, 0.05) is 6.61 Å². The van der Waals surface area contributed by atoms with Crippen LogP contribution in [0.2, 0.25) is 0 Å². The van der Waals surface area contributed by atoms with Gasteiger partial charge in [0.25, 0.3) is 0 Å². The molecule has 26 heavy (non-hydrogen) atoms. The molecule has 1 N–H and O–H groups in total. The first kappa shape index (κ1) is 25.2. The van der Waals surface area contributed by atoms with Crippen LogP contribution >= 0.6 is 0 Å². The molecule has 0 aromatic carbocycles. The summed E-state index contributed by atoms with van der Waals surface area (Å²) in [6, 6.07) is 0. The van der Waals surface area contributed by atoms with E-state index < -0.39 is 49.4 Å². The third-order valence-electron chi connectivity index (χ3n) is 3.58. The summed E-state index contributed by atoms with van der Waals surface area (Å²) in [5, 5.41) is 8.00. The Bertz CT molecular complexity index is 426. The quantitative estimate of drug-likeness (QED) is 0.337. The highest BCUT2D eigenvalue weighted by Gasteiger charge is 2.86. The van der Waals surface area contributed by atoms with E-state index in [4.69, 9.17) is 5.11 Å². The highest BCUT2D eigenvalue weighted by Crippen LogP contribution is 2.56. The molecule has 12 heteroatoms. The molecule has 0 radical (unpaired) electrons. The zero-order valence-corrected chi connectivity index (χ0v) is 13.8. The fraction of sp³-hybridized carbons (Fsp3) is 1.00. The van der Waals surface area contributed by atoms with Crippen molar-refractivity contribution in [3.05, 3.63) is 0 Å². The first-order valence-electron chi connectivity index (χ1n) is 7.70.